The molecule has 0 aliphatic rings. The van der Waals surface area contributed by atoms with Crippen LogP contribution in [0, 0.1) is 11.3 Å². The predicted octanol–water partition coefficient (Wildman–Crippen LogP) is 1.82. The van der Waals surface area contributed by atoms with Crippen molar-refractivity contribution in [2.75, 3.05) is 11.5 Å². The zero-order valence-corrected chi connectivity index (χ0v) is 11.4. The molecule has 4 heteroatoms. The van der Waals surface area contributed by atoms with Gasteiger partial charge in [0.25, 0.3) is 0 Å². The van der Waals surface area contributed by atoms with Crippen LogP contribution in [0.5, 0.6) is 0 Å². The van der Waals surface area contributed by atoms with E-state index in [0.717, 1.165) is 6.42 Å². The van der Waals surface area contributed by atoms with E-state index in [0.29, 0.717) is 5.92 Å². The van der Waals surface area contributed by atoms with Crippen LogP contribution in [0.25, 0.3) is 0 Å². The van der Waals surface area contributed by atoms with Crippen LogP contribution >= 0.6 is 0 Å². The minimum absolute atomic E-state index is 0.100. The van der Waals surface area contributed by atoms with Gasteiger partial charge in [0, 0.05) is 6.04 Å². The van der Waals surface area contributed by atoms with E-state index < -0.39 is 9.84 Å². The van der Waals surface area contributed by atoms with Crippen molar-refractivity contribution >= 4 is 9.84 Å². The first-order chi connectivity index (χ1) is 6.54. The molecule has 0 aromatic heterocycles. The van der Waals surface area contributed by atoms with Crippen LogP contribution in [0.2, 0.25) is 0 Å². The molecule has 92 valence electrons. The summed E-state index contributed by atoms with van der Waals surface area (Å²) in [5, 5.41) is 0. The van der Waals surface area contributed by atoms with Crippen molar-refractivity contribution in [1.82, 2.24) is 0 Å². The smallest absolute Gasteiger partial charge is 0.151 e. The van der Waals surface area contributed by atoms with E-state index in [-0.39, 0.29) is 23.0 Å². The van der Waals surface area contributed by atoms with Gasteiger partial charge in [0.05, 0.1) is 11.5 Å². The molecule has 0 aliphatic heterocycles. The molecule has 0 fully saturated rings. The first-order valence-electron chi connectivity index (χ1n) is 5.50. The summed E-state index contributed by atoms with van der Waals surface area (Å²) in [6.45, 7) is 9.96. The maximum absolute atomic E-state index is 11.7. The van der Waals surface area contributed by atoms with Crippen molar-refractivity contribution in [1.29, 1.82) is 0 Å². The molecule has 0 rings (SSSR count). The number of rotatable bonds is 5. The van der Waals surface area contributed by atoms with Gasteiger partial charge in [0.15, 0.2) is 9.84 Å². The van der Waals surface area contributed by atoms with Crippen molar-refractivity contribution in [3.8, 4) is 0 Å². The minimum atomic E-state index is -2.98. The fourth-order valence-corrected chi connectivity index (χ4v) is 3.07. The van der Waals surface area contributed by atoms with Crippen LogP contribution in [0.4, 0.5) is 0 Å². The summed E-state index contributed by atoms with van der Waals surface area (Å²) >= 11 is 0. The molecule has 0 aromatic rings. The molecular weight excluding hydrogens is 210 g/mol. The Labute approximate surface area is 94.4 Å². The molecule has 0 aliphatic carbocycles. The van der Waals surface area contributed by atoms with Gasteiger partial charge in [-0.15, -0.1) is 0 Å². The highest BCUT2D eigenvalue weighted by Crippen LogP contribution is 2.19. The monoisotopic (exact) mass is 235 g/mol. The van der Waals surface area contributed by atoms with Gasteiger partial charge < -0.3 is 5.73 Å². The average Bonchev–Trinajstić information content (AvgIpc) is 1.98. The highest BCUT2D eigenvalue weighted by Gasteiger charge is 2.26. The number of nitrogens with two attached hydrogens (primary N) is 1. The lowest BCUT2D eigenvalue weighted by atomic mass is 9.89. The summed E-state index contributed by atoms with van der Waals surface area (Å²) in [5.41, 5.74) is 5.72. The van der Waals surface area contributed by atoms with Crippen molar-refractivity contribution in [3.05, 3.63) is 0 Å². The Morgan fingerprint density at radius 2 is 1.67 bits per heavy atom. The summed E-state index contributed by atoms with van der Waals surface area (Å²) in [6.07, 6.45) is 0.721. The zero-order valence-electron chi connectivity index (χ0n) is 10.6. The zero-order chi connectivity index (χ0) is 12.3. The third-order valence-electron chi connectivity index (χ3n) is 2.55. The van der Waals surface area contributed by atoms with Gasteiger partial charge in [-0.25, -0.2) is 8.42 Å². The Morgan fingerprint density at radius 1 is 1.20 bits per heavy atom. The molecule has 0 heterocycles. The molecule has 3 nitrogen and oxygen atoms in total. The quantitative estimate of drug-likeness (QED) is 0.790. The Balaban J connectivity index is 4.27. The lowest BCUT2D eigenvalue weighted by Gasteiger charge is -2.26. The summed E-state index contributed by atoms with van der Waals surface area (Å²) in [7, 11) is -2.98. The third-order valence-corrected chi connectivity index (χ3v) is 4.28. The maximum Gasteiger partial charge on any atom is 0.151 e. The molecule has 0 radical (unpaired) electrons. The van der Waals surface area contributed by atoms with Gasteiger partial charge in [-0.1, -0.05) is 34.6 Å². The van der Waals surface area contributed by atoms with Gasteiger partial charge in [-0.3, -0.25) is 0 Å². The van der Waals surface area contributed by atoms with Gasteiger partial charge in [-0.05, 0) is 17.8 Å². The molecule has 0 bridgehead atoms. The lowest BCUT2D eigenvalue weighted by molar-refractivity contribution is 0.340. The normalized spacial score (nSPS) is 15.7. The Bertz CT molecular complexity index is 275. The largest absolute Gasteiger partial charge is 0.326 e. The minimum Gasteiger partial charge on any atom is -0.326 e. The van der Waals surface area contributed by atoms with Crippen LogP contribution in [-0.4, -0.2) is 26.0 Å². The van der Waals surface area contributed by atoms with Crippen LogP contribution < -0.4 is 5.73 Å². The van der Waals surface area contributed by atoms with Gasteiger partial charge in [0.1, 0.15) is 0 Å². The molecule has 15 heavy (non-hydrogen) atoms. The van der Waals surface area contributed by atoms with Crippen LogP contribution in [-0.2, 0) is 9.84 Å². The number of sulfone groups is 1. The Hall–Kier alpha value is -0.0900. The van der Waals surface area contributed by atoms with Gasteiger partial charge in [-0.2, -0.15) is 0 Å². The van der Waals surface area contributed by atoms with E-state index in [1.807, 2.05) is 34.6 Å². The fraction of sp³-hybridized carbons (Fsp3) is 1.00. The van der Waals surface area contributed by atoms with E-state index in [4.69, 9.17) is 5.73 Å². The summed E-state index contributed by atoms with van der Waals surface area (Å²) in [5.74, 6) is 0.781. The topological polar surface area (TPSA) is 60.2 Å². The van der Waals surface area contributed by atoms with Crippen molar-refractivity contribution in [2.45, 2.75) is 47.1 Å². The second kappa shape index (κ2) is 5.30. The molecule has 0 amide bonds. The fourth-order valence-electron chi connectivity index (χ4n) is 1.02. The van der Waals surface area contributed by atoms with E-state index >= 15 is 0 Å². The van der Waals surface area contributed by atoms with Crippen LogP contribution in [0.1, 0.15) is 41.0 Å². The third kappa shape index (κ3) is 6.90. The number of hydrogen-bond donors (Lipinski definition) is 1. The Kier molecular flexibility index (Phi) is 5.27. The molecular formula is C11H25NO2S. The van der Waals surface area contributed by atoms with Crippen molar-refractivity contribution in [3.63, 3.8) is 0 Å². The van der Waals surface area contributed by atoms with Gasteiger partial charge >= 0.3 is 0 Å². The first-order valence-corrected chi connectivity index (χ1v) is 7.33. The summed E-state index contributed by atoms with van der Waals surface area (Å²) < 4.78 is 23.4. The second-order valence-electron chi connectivity index (χ2n) is 5.77. The summed E-state index contributed by atoms with van der Waals surface area (Å²) in [6, 6.07) is -0.283. The highest BCUT2D eigenvalue weighted by molar-refractivity contribution is 7.91. The van der Waals surface area contributed by atoms with E-state index in [1.54, 1.807) is 0 Å². The molecule has 0 saturated heterocycles. The predicted molar refractivity (Wildman–Crippen MR) is 65.5 cm³/mol. The van der Waals surface area contributed by atoms with Crippen molar-refractivity contribution < 1.29 is 8.42 Å². The van der Waals surface area contributed by atoms with Crippen LogP contribution in [0.15, 0.2) is 0 Å². The highest BCUT2D eigenvalue weighted by atomic mass is 32.2. The van der Waals surface area contributed by atoms with Gasteiger partial charge in [0.2, 0.25) is 0 Å². The lowest BCUT2D eigenvalue weighted by Crippen LogP contribution is -2.41. The SMILES string of the molecule is CC(C)CCS(=O)(=O)CC(N)C(C)(C)C. The standard InChI is InChI=1S/C11H25NO2S/c1-9(2)6-7-15(13,14)8-10(12)11(3,4)5/h9-10H,6-8,12H2,1-5H3. The second-order valence-corrected chi connectivity index (χ2v) is 8.00. The maximum atomic E-state index is 11.7. The van der Waals surface area contributed by atoms with E-state index in [1.165, 1.54) is 0 Å². The van der Waals surface area contributed by atoms with Crippen molar-refractivity contribution in [2.24, 2.45) is 17.1 Å². The molecule has 1 unspecified atom stereocenters. The number of hydrogen-bond acceptors (Lipinski definition) is 3. The molecule has 0 spiro atoms. The molecule has 0 saturated carbocycles. The Morgan fingerprint density at radius 3 is 2.00 bits per heavy atom. The average molecular weight is 235 g/mol. The molecule has 0 aromatic carbocycles. The molecule has 1 atom stereocenters. The van der Waals surface area contributed by atoms with E-state index in [9.17, 15) is 8.42 Å². The van der Waals surface area contributed by atoms with Crippen LogP contribution in [0.3, 0.4) is 0 Å². The molecule has 2 N–H and O–H groups in total. The summed E-state index contributed by atoms with van der Waals surface area (Å²) in [4.78, 5) is 0. The first kappa shape index (κ1) is 14.9. The van der Waals surface area contributed by atoms with E-state index in [2.05, 4.69) is 0 Å².